The zero-order chi connectivity index (χ0) is 24.6. The lowest BCUT2D eigenvalue weighted by molar-refractivity contribution is 0.0988. The highest BCUT2D eigenvalue weighted by molar-refractivity contribution is 6.14. The molecule has 10 heteroatoms. The molecule has 0 atom stereocenters. The summed E-state index contributed by atoms with van der Waals surface area (Å²) in [5.41, 5.74) is 8.07. The van der Waals surface area contributed by atoms with E-state index in [1.54, 1.807) is 24.7 Å². The standard InChI is InChI=1S/C24H27N7O3/c1-5-11-30(23(33)17-12-14(2)26-21-18(17)15(3)28-29(21)4)19-20(25)31(24(34)27-22(19)32)13-16-9-7-6-8-10-16/h6-10,12H,5,11,13,25H2,1-4H3,(H,27,32,34). The summed E-state index contributed by atoms with van der Waals surface area (Å²) in [6.45, 7) is 5.89. The number of hydrogen-bond donors (Lipinski definition) is 2. The van der Waals surface area contributed by atoms with E-state index in [1.807, 2.05) is 44.2 Å². The molecule has 0 unspecified atom stereocenters. The third kappa shape index (κ3) is 3.98. The number of aromatic nitrogens is 5. The van der Waals surface area contributed by atoms with E-state index in [1.165, 1.54) is 9.47 Å². The molecule has 176 valence electrons. The minimum atomic E-state index is -0.710. The number of carbonyl (C=O) groups excluding carboxylic acids is 1. The van der Waals surface area contributed by atoms with Crippen LogP contribution in [0.25, 0.3) is 11.0 Å². The van der Waals surface area contributed by atoms with Gasteiger partial charge in [-0.1, -0.05) is 37.3 Å². The van der Waals surface area contributed by atoms with E-state index in [0.29, 0.717) is 34.4 Å². The van der Waals surface area contributed by atoms with E-state index < -0.39 is 17.2 Å². The SMILES string of the molecule is CCCN(C(=O)c1cc(C)nc2c1c(C)nn2C)c1c(N)n(Cc2ccccc2)c(=O)[nH]c1=O. The van der Waals surface area contributed by atoms with Crippen molar-refractivity contribution >= 4 is 28.4 Å². The minimum Gasteiger partial charge on any atom is -0.383 e. The molecular formula is C24H27N7O3. The molecular weight excluding hydrogens is 434 g/mol. The predicted octanol–water partition coefficient (Wildman–Crippen LogP) is 2.12. The second kappa shape index (κ2) is 8.97. The minimum absolute atomic E-state index is 0.0495. The molecule has 34 heavy (non-hydrogen) atoms. The lowest BCUT2D eigenvalue weighted by Gasteiger charge is -2.24. The normalized spacial score (nSPS) is 11.2. The van der Waals surface area contributed by atoms with Crippen LogP contribution >= 0.6 is 0 Å². The Balaban J connectivity index is 1.89. The summed E-state index contributed by atoms with van der Waals surface area (Å²) in [6.07, 6.45) is 0.571. The topological polar surface area (TPSA) is 132 Å². The Morgan fingerprint density at radius 2 is 1.88 bits per heavy atom. The number of benzene rings is 1. The number of aryl methyl sites for hydroxylation is 3. The van der Waals surface area contributed by atoms with Gasteiger partial charge in [0.1, 0.15) is 5.82 Å². The van der Waals surface area contributed by atoms with Crippen LogP contribution in [0.2, 0.25) is 0 Å². The number of carbonyl (C=O) groups is 1. The van der Waals surface area contributed by atoms with Crippen LogP contribution in [0, 0.1) is 13.8 Å². The van der Waals surface area contributed by atoms with Gasteiger partial charge in [-0.2, -0.15) is 5.10 Å². The van der Waals surface area contributed by atoms with Crippen LogP contribution < -0.4 is 21.9 Å². The van der Waals surface area contributed by atoms with Gasteiger partial charge in [-0.15, -0.1) is 0 Å². The number of nitrogens with one attached hydrogen (secondary N) is 1. The lowest BCUT2D eigenvalue weighted by Crippen LogP contribution is -2.41. The van der Waals surface area contributed by atoms with Crippen molar-refractivity contribution in [1.29, 1.82) is 0 Å². The van der Waals surface area contributed by atoms with E-state index in [2.05, 4.69) is 15.1 Å². The van der Waals surface area contributed by atoms with E-state index >= 15 is 0 Å². The van der Waals surface area contributed by atoms with Crippen LogP contribution in [0.4, 0.5) is 11.5 Å². The molecule has 3 N–H and O–H groups in total. The van der Waals surface area contributed by atoms with Gasteiger partial charge in [0.05, 0.1) is 23.2 Å². The molecule has 0 saturated carbocycles. The predicted molar refractivity (Wildman–Crippen MR) is 131 cm³/mol. The summed E-state index contributed by atoms with van der Waals surface area (Å²) in [5, 5.41) is 5.02. The van der Waals surface area contributed by atoms with E-state index in [-0.39, 0.29) is 24.6 Å². The summed E-state index contributed by atoms with van der Waals surface area (Å²) < 4.78 is 2.89. The molecule has 3 aromatic heterocycles. The van der Waals surface area contributed by atoms with Gasteiger partial charge in [0.25, 0.3) is 11.5 Å². The Labute approximate surface area is 195 Å². The van der Waals surface area contributed by atoms with Gasteiger partial charge < -0.3 is 10.6 Å². The fourth-order valence-corrected chi connectivity index (χ4v) is 4.18. The fraction of sp³-hybridized carbons (Fsp3) is 0.292. The summed E-state index contributed by atoms with van der Waals surface area (Å²) in [7, 11) is 1.77. The monoisotopic (exact) mass is 461 g/mol. The first-order chi connectivity index (χ1) is 16.2. The lowest BCUT2D eigenvalue weighted by atomic mass is 10.1. The molecule has 4 rings (SSSR count). The average Bonchev–Trinajstić information content (AvgIpc) is 3.08. The molecule has 0 aliphatic rings. The highest BCUT2D eigenvalue weighted by Crippen LogP contribution is 2.26. The highest BCUT2D eigenvalue weighted by atomic mass is 16.2. The molecule has 0 aliphatic carbocycles. The maximum Gasteiger partial charge on any atom is 0.330 e. The van der Waals surface area contributed by atoms with Gasteiger partial charge in [-0.3, -0.25) is 23.8 Å². The Kier molecular flexibility index (Phi) is 6.06. The first-order valence-electron chi connectivity index (χ1n) is 11.0. The summed E-state index contributed by atoms with van der Waals surface area (Å²) >= 11 is 0. The molecule has 0 aliphatic heterocycles. The van der Waals surface area contributed by atoms with Crippen LogP contribution in [0.3, 0.4) is 0 Å². The number of aromatic amines is 1. The van der Waals surface area contributed by atoms with Gasteiger partial charge in [-0.05, 0) is 31.9 Å². The van der Waals surface area contributed by atoms with Crippen LogP contribution in [0.1, 0.15) is 40.7 Å². The Morgan fingerprint density at radius 3 is 2.56 bits per heavy atom. The first kappa shape index (κ1) is 23.0. The second-order valence-electron chi connectivity index (χ2n) is 8.24. The summed E-state index contributed by atoms with van der Waals surface area (Å²) in [5.74, 6) is -0.472. The zero-order valence-electron chi connectivity index (χ0n) is 19.6. The third-order valence-electron chi connectivity index (χ3n) is 5.69. The molecule has 4 aromatic rings. The van der Waals surface area contributed by atoms with E-state index in [9.17, 15) is 14.4 Å². The zero-order valence-corrected chi connectivity index (χ0v) is 19.6. The third-order valence-corrected chi connectivity index (χ3v) is 5.69. The van der Waals surface area contributed by atoms with Crippen molar-refractivity contribution in [3.05, 3.63) is 79.8 Å². The van der Waals surface area contributed by atoms with Gasteiger partial charge in [0.15, 0.2) is 11.3 Å². The number of rotatable bonds is 6. The average molecular weight is 462 g/mol. The van der Waals surface area contributed by atoms with Gasteiger partial charge in [-0.25, -0.2) is 9.78 Å². The van der Waals surface area contributed by atoms with Crippen molar-refractivity contribution in [2.45, 2.75) is 33.7 Å². The van der Waals surface area contributed by atoms with Crippen LogP contribution in [-0.2, 0) is 13.6 Å². The molecule has 0 spiro atoms. The Hall–Kier alpha value is -4.21. The smallest absolute Gasteiger partial charge is 0.330 e. The number of amides is 1. The molecule has 1 amide bonds. The molecule has 10 nitrogen and oxygen atoms in total. The molecule has 0 bridgehead atoms. The molecule has 1 aromatic carbocycles. The Morgan fingerprint density at radius 1 is 1.18 bits per heavy atom. The van der Waals surface area contributed by atoms with Crippen molar-refractivity contribution in [2.75, 3.05) is 17.2 Å². The number of pyridine rings is 1. The number of nitrogen functional groups attached to an aromatic ring is 1. The van der Waals surface area contributed by atoms with Gasteiger partial charge >= 0.3 is 5.69 Å². The Bertz CT molecular complexity index is 1500. The van der Waals surface area contributed by atoms with Crippen molar-refractivity contribution in [3.8, 4) is 0 Å². The highest BCUT2D eigenvalue weighted by Gasteiger charge is 2.28. The van der Waals surface area contributed by atoms with Gasteiger partial charge in [0.2, 0.25) is 0 Å². The molecule has 0 saturated heterocycles. The number of anilines is 2. The van der Waals surface area contributed by atoms with Crippen molar-refractivity contribution in [1.82, 2.24) is 24.3 Å². The maximum atomic E-state index is 13.9. The second-order valence-corrected chi connectivity index (χ2v) is 8.24. The number of nitrogens with zero attached hydrogens (tertiary/aromatic N) is 5. The number of hydrogen-bond acceptors (Lipinski definition) is 6. The maximum absolute atomic E-state index is 13.9. The molecule has 0 fully saturated rings. The van der Waals surface area contributed by atoms with Crippen LogP contribution in [0.5, 0.6) is 0 Å². The number of fused-ring (bicyclic) bond motifs is 1. The molecule has 3 heterocycles. The van der Waals surface area contributed by atoms with Crippen molar-refractivity contribution in [2.24, 2.45) is 7.05 Å². The number of nitrogens with two attached hydrogens (primary N) is 1. The summed E-state index contributed by atoms with van der Waals surface area (Å²) in [4.78, 5) is 47.6. The van der Waals surface area contributed by atoms with E-state index in [4.69, 9.17) is 5.73 Å². The summed E-state index contributed by atoms with van der Waals surface area (Å²) in [6, 6.07) is 11.0. The number of H-pyrrole nitrogens is 1. The first-order valence-corrected chi connectivity index (χ1v) is 11.0. The van der Waals surface area contributed by atoms with Crippen LogP contribution in [0.15, 0.2) is 46.0 Å². The van der Waals surface area contributed by atoms with Crippen molar-refractivity contribution in [3.63, 3.8) is 0 Å². The van der Waals surface area contributed by atoms with E-state index in [0.717, 1.165) is 5.56 Å². The quantitative estimate of drug-likeness (QED) is 0.452. The van der Waals surface area contributed by atoms with Crippen LogP contribution in [-0.4, -0.2) is 36.8 Å². The largest absolute Gasteiger partial charge is 0.383 e. The fourth-order valence-electron chi connectivity index (χ4n) is 4.18. The van der Waals surface area contributed by atoms with Crippen molar-refractivity contribution < 1.29 is 4.79 Å². The molecule has 0 radical (unpaired) electrons. The van der Waals surface area contributed by atoms with Gasteiger partial charge in [0, 0.05) is 19.3 Å².